The highest BCUT2D eigenvalue weighted by molar-refractivity contribution is 6.30. The van der Waals surface area contributed by atoms with Gasteiger partial charge in [-0.25, -0.2) is 4.98 Å². The third-order valence-corrected chi connectivity index (χ3v) is 4.34. The molecule has 4 aromatic rings. The molecule has 0 amide bonds. The molecule has 0 radical (unpaired) electrons. The Balaban J connectivity index is 1.81. The first-order valence-corrected chi connectivity index (χ1v) is 7.87. The Labute approximate surface area is 139 Å². The number of aryl methyl sites for hydroxylation is 2. The van der Waals surface area contributed by atoms with Gasteiger partial charge in [-0.15, -0.1) is 0 Å². The van der Waals surface area contributed by atoms with Crippen molar-refractivity contribution in [2.45, 2.75) is 6.92 Å². The Kier molecular flexibility index (Phi) is 3.24. The van der Waals surface area contributed by atoms with Crippen molar-refractivity contribution < 1.29 is 0 Å². The van der Waals surface area contributed by atoms with Crippen LogP contribution in [0.15, 0.2) is 60.9 Å². The monoisotopic (exact) mass is 321 g/mol. The number of hydrogen-bond acceptors (Lipinski definition) is 1. The van der Waals surface area contributed by atoms with Crippen molar-refractivity contribution in [1.82, 2.24) is 14.0 Å². The van der Waals surface area contributed by atoms with Crippen molar-refractivity contribution in [3.8, 4) is 22.5 Å². The Bertz CT molecular complexity index is 993. The molecule has 0 aliphatic carbocycles. The number of imidazole rings is 2. The fraction of sp³-hybridized carbons (Fsp3) is 0.105. The van der Waals surface area contributed by atoms with Gasteiger partial charge in [0.05, 0.1) is 11.4 Å². The highest BCUT2D eigenvalue weighted by Crippen LogP contribution is 2.27. The van der Waals surface area contributed by atoms with Gasteiger partial charge in [-0.1, -0.05) is 53.6 Å². The summed E-state index contributed by atoms with van der Waals surface area (Å²) < 4.78 is 4.15. The van der Waals surface area contributed by atoms with Gasteiger partial charge in [0, 0.05) is 35.6 Å². The maximum atomic E-state index is 6.11. The summed E-state index contributed by atoms with van der Waals surface area (Å²) in [6.07, 6.45) is 4.15. The molecule has 0 aliphatic rings. The number of rotatable bonds is 2. The minimum absolute atomic E-state index is 0.738. The predicted molar refractivity (Wildman–Crippen MR) is 94.8 cm³/mol. The minimum Gasteiger partial charge on any atom is -0.313 e. The maximum Gasteiger partial charge on any atom is 0.214 e. The van der Waals surface area contributed by atoms with Crippen LogP contribution >= 0.6 is 11.6 Å². The van der Waals surface area contributed by atoms with E-state index in [1.54, 1.807) is 0 Å². The second-order valence-corrected chi connectivity index (χ2v) is 6.22. The van der Waals surface area contributed by atoms with Crippen molar-refractivity contribution in [1.29, 1.82) is 0 Å². The molecule has 2 aromatic carbocycles. The van der Waals surface area contributed by atoms with Crippen molar-refractivity contribution in [3.63, 3.8) is 0 Å². The number of benzene rings is 2. The summed E-state index contributed by atoms with van der Waals surface area (Å²) >= 11 is 6.11. The quantitative estimate of drug-likeness (QED) is 0.511. The van der Waals surface area contributed by atoms with E-state index in [1.165, 1.54) is 5.56 Å². The lowest BCUT2D eigenvalue weighted by molar-refractivity contribution is 0.945. The molecule has 0 N–H and O–H groups in total. The van der Waals surface area contributed by atoms with Crippen LogP contribution in [0.4, 0.5) is 0 Å². The number of fused-ring (bicyclic) bond motifs is 1. The molecule has 4 heteroatoms. The Hall–Kier alpha value is -2.52. The molecule has 2 heterocycles. The van der Waals surface area contributed by atoms with E-state index in [9.17, 15) is 0 Å². The molecule has 0 saturated carbocycles. The molecule has 3 nitrogen and oxygen atoms in total. The molecule has 0 fully saturated rings. The summed E-state index contributed by atoms with van der Waals surface area (Å²) in [6.45, 7) is 2.09. The van der Waals surface area contributed by atoms with E-state index < -0.39 is 0 Å². The largest absolute Gasteiger partial charge is 0.313 e. The van der Waals surface area contributed by atoms with E-state index in [-0.39, 0.29) is 0 Å². The lowest BCUT2D eigenvalue weighted by atomic mass is 10.1. The highest BCUT2D eigenvalue weighted by Gasteiger charge is 2.12. The molecule has 0 atom stereocenters. The van der Waals surface area contributed by atoms with Gasteiger partial charge in [0.2, 0.25) is 5.78 Å². The van der Waals surface area contributed by atoms with Gasteiger partial charge in [0.1, 0.15) is 0 Å². The Morgan fingerprint density at radius 3 is 2.43 bits per heavy atom. The van der Waals surface area contributed by atoms with E-state index in [0.29, 0.717) is 0 Å². The molecule has 0 unspecified atom stereocenters. The minimum atomic E-state index is 0.738. The molecule has 0 saturated heterocycles. The van der Waals surface area contributed by atoms with Crippen LogP contribution in [0.3, 0.4) is 0 Å². The molecular formula is C19H16ClN3. The number of nitrogens with zero attached hydrogens (tertiary/aromatic N) is 3. The average molecular weight is 322 g/mol. The first-order chi connectivity index (χ1) is 11.1. The molecule has 0 spiro atoms. The predicted octanol–water partition coefficient (Wildman–Crippen LogP) is 4.97. The molecule has 23 heavy (non-hydrogen) atoms. The third-order valence-electron chi connectivity index (χ3n) is 4.10. The SMILES string of the molecule is Cc1ccc(-c2cn3cc(-c4cccc(Cl)c4)n(C)c3n2)cc1. The van der Waals surface area contributed by atoms with Gasteiger partial charge in [0.25, 0.3) is 0 Å². The van der Waals surface area contributed by atoms with Crippen molar-refractivity contribution in [3.05, 3.63) is 71.5 Å². The van der Waals surface area contributed by atoms with Crippen molar-refractivity contribution in [2.75, 3.05) is 0 Å². The Morgan fingerprint density at radius 2 is 1.74 bits per heavy atom. The molecular weight excluding hydrogens is 306 g/mol. The van der Waals surface area contributed by atoms with Crippen LogP contribution < -0.4 is 0 Å². The van der Waals surface area contributed by atoms with Gasteiger partial charge in [-0.2, -0.15) is 0 Å². The number of aromatic nitrogens is 3. The van der Waals surface area contributed by atoms with Crippen LogP contribution in [0.2, 0.25) is 5.02 Å². The van der Waals surface area contributed by atoms with E-state index in [1.807, 2.05) is 25.2 Å². The summed E-state index contributed by atoms with van der Waals surface area (Å²) in [4.78, 5) is 4.77. The third kappa shape index (κ3) is 2.43. The Morgan fingerprint density at radius 1 is 0.957 bits per heavy atom. The van der Waals surface area contributed by atoms with Crippen molar-refractivity contribution >= 4 is 17.4 Å². The van der Waals surface area contributed by atoms with Gasteiger partial charge < -0.3 is 4.57 Å². The lowest BCUT2D eigenvalue weighted by Gasteiger charge is -2.03. The summed E-state index contributed by atoms with van der Waals surface area (Å²) in [5.41, 5.74) is 5.53. The van der Waals surface area contributed by atoms with Crippen LogP contribution in [-0.2, 0) is 7.05 Å². The van der Waals surface area contributed by atoms with Crippen LogP contribution in [0, 0.1) is 6.92 Å². The second-order valence-electron chi connectivity index (χ2n) is 5.78. The van der Waals surface area contributed by atoms with Crippen LogP contribution in [0.25, 0.3) is 28.3 Å². The zero-order valence-corrected chi connectivity index (χ0v) is 13.7. The smallest absolute Gasteiger partial charge is 0.214 e. The normalized spacial score (nSPS) is 11.3. The average Bonchev–Trinajstić information content (AvgIpc) is 3.08. The number of halogens is 1. The molecule has 0 aliphatic heterocycles. The van der Waals surface area contributed by atoms with E-state index in [0.717, 1.165) is 33.3 Å². The van der Waals surface area contributed by atoms with Crippen LogP contribution in [0.1, 0.15) is 5.56 Å². The summed E-state index contributed by atoms with van der Waals surface area (Å²) in [5, 5.41) is 0.738. The summed E-state index contributed by atoms with van der Waals surface area (Å²) in [5.74, 6) is 0.913. The highest BCUT2D eigenvalue weighted by atomic mass is 35.5. The van der Waals surface area contributed by atoms with Gasteiger partial charge in [0.15, 0.2) is 0 Å². The zero-order valence-electron chi connectivity index (χ0n) is 13.0. The fourth-order valence-corrected chi connectivity index (χ4v) is 3.02. The van der Waals surface area contributed by atoms with Crippen LogP contribution in [0.5, 0.6) is 0 Å². The van der Waals surface area contributed by atoms with E-state index in [2.05, 4.69) is 58.6 Å². The first-order valence-electron chi connectivity index (χ1n) is 7.49. The second kappa shape index (κ2) is 5.28. The van der Waals surface area contributed by atoms with Gasteiger partial charge in [-0.05, 0) is 19.1 Å². The molecule has 114 valence electrons. The molecule has 0 bridgehead atoms. The van der Waals surface area contributed by atoms with Gasteiger partial charge in [-0.3, -0.25) is 4.40 Å². The van der Waals surface area contributed by atoms with E-state index >= 15 is 0 Å². The lowest BCUT2D eigenvalue weighted by Crippen LogP contribution is -1.92. The molecule has 2 aromatic heterocycles. The van der Waals surface area contributed by atoms with Crippen LogP contribution in [-0.4, -0.2) is 14.0 Å². The maximum absolute atomic E-state index is 6.11. The zero-order chi connectivity index (χ0) is 16.0. The van der Waals surface area contributed by atoms with Crippen molar-refractivity contribution in [2.24, 2.45) is 7.05 Å². The van der Waals surface area contributed by atoms with E-state index in [4.69, 9.17) is 16.6 Å². The first kappa shape index (κ1) is 14.1. The standard InChI is InChI=1S/C19H16ClN3/c1-13-6-8-14(9-7-13)17-11-23-12-18(22(2)19(23)21-17)15-4-3-5-16(20)10-15/h3-12H,1-2H3. The van der Waals surface area contributed by atoms with Gasteiger partial charge >= 0.3 is 0 Å². The summed E-state index contributed by atoms with van der Waals surface area (Å²) in [7, 11) is 2.03. The summed E-state index contributed by atoms with van der Waals surface area (Å²) in [6, 6.07) is 16.3. The topological polar surface area (TPSA) is 22.2 Å². The molecule has 4 rings (SSSR count). The number of hydrogen-bond donors (Lipinski definition) is 0. The fourth-order valence-electron chi connectivity index (χ4n) is 2.83.